The monoisotopic (exact) mass is 238 g/mol. The fraction of sp³-hybridized carbons (Fsp3) is 1.00. The van der Waals surface area contributed by atoms with Crippen molar-refractivity contribution in [3.63, 3.8) is 0 Å². The molecule has 0 unspecified atom stereocenters. The zero-order valence-corrected chi connectivity index (χ0v) is 9.61. The van der Waals surface area contributed by atoms with E-state index in [0.717, 1.165) is 12.8 Å². The summed E-state index contributed by atoms with van der Waals surface area (Å²) in [5.74, 6) is 0. The number of halogens is 1. The van der Waals surface area contributed by atoms with Gasteiger partial charge in [0.15, 0.2) is 0 Å². The highest BCUT2D eigenvalue weighted by atomic mass is 35.7. The van der Waals surface area contributed by atoms with Gasteiger partial charge in [0.05, 0.1) is 12.7 Å². The lowest BCUT2D eigenvalue weighted by Gasteiger charge is -2.15. The fourth-order valence-electron chi connectivity index (χ4n) is 1.92. The van der Waals surface area contributed by atoms with Crippen molar-refractivity contribution in [2.45, 2.75) is 49.4 Å². The van der Waals surface area contributed by atoms with E-state index in [-0.39, 0.29) is 6.10 Å². The minimum absolute atomic E-state index is 0.269. The van der Waals surface area contributed by atoms with E-state index >= 15 is 0 Å². The Labute approximate surface area is 89.2 Å². The molecule has 0 N–H and O–H groups in total. The SMILES string of the molecule is O=S(=O)(Cl)C1(COC2CCCC2)CC1. The van der Waals surface area contributed by atoms with Crippen molar-refractivity contribution in [1.29, 1.82) is 0 Å². The highest BCUT2D eigenvalue weighted by Gasteiger charge is 2.54. The Hall–Kier alpha value is 0.200. The van der Waals surface area contributed by atoms with E-state index in [2.05, 4.69) is 0 Å². The zero-order valence-electron chi connectivity index (χ0n) is 8.04. The average Bonchev–Trinajstić information content (AvgIpc) is 2.72. The van der Waals surface area contributed by atoms with Crippen LogP contribution in [-0.2, 0) is 13.8 Å². The smallest absolute Gasteiger partial charge is 0.240 e. The topological polar surface area (TPSA) is 43.4 Å². The first-order valence-corrected chi connectivity index (χ1v) is 7.40. The fourth-order valence-corrected chi connectivity index (χ4v) is 3.32. The summed E-state index contributed by atoms with van der Waals surface area (Å²) in [6, 6.07) is 0. The lowest BCUT2D eigenvalue weighted by atomic mass is 10.3. The zero-order chi connectivity index (χ0) is 10.2. The Kier molecular flexibility index (Phi) is 2.79. The van der Waals surface area contributed by atoms with Crippen molar-refractivity contribution < 1.29 is 13.2 Å². The van der Waals surface area contributed by atoms with E-state index in [4.69, 9.17) is 15.4 Å². The summed E-state index contributed by atoms with van der Waals surface area (Å²) in [6.07, 6.45) is 6.12. The molecule has 0 heterocycles. The molecule has 0 spiro atoms. The molecular formula is C9H15ClO3S. The van der Waals surface area contributed by atoms with Crippen LogP contribution in [0.1, 0.15) is 38.5 Å². The van der Waals surface area contributed by atoms with Gasteiger partial charge in [-0.25, -0.2) is 8.42 Å². The van der Waals surface area contributed by atoms with Crippen LogP contribution in [-0.4, -0.2) is 25.9 Å². The van der Waals surface area contributed by atoms with Gasteiger partial charge in [-0.2, -0.15) is 0 Å². The molecule has 0 aliphatic heterocycles. The quantitative estimate of drug-likeness (QED) is 0.704. The Morgan fingerprint density at radius 2 is 1.86 bits per heavy atom. The molecule has 2 aliphatic carbocycles. The number of ether oxygens (including phenoxy) is 1. The van der Waals surface area contributed by atoms with Crippen LogP contribution in [0.25, 0.3) is 0 Å². The number of rotatable bonds is 4. The van der Waals surface area contributed by atoms with Gasteiger partial charge in [0.25, 0.3) is 0 Å². The lowest BCUT2D eigenvalue weighted by Crippen LogP contribution is -2.27. The van der Waals surface area contributed by atoms with E-state index in [0.29, 0.717) is 19.4 Å². The molecule has 2 saturated carbocycles. The second-order valence-electron chi connectivity index (χ2n) is 4.34. The summed E-state index contributed by atoms with van der Waals surface area (Å²) in [5.41, 5.74) is 0. The van der Waals surface area contributed by atoms with Crippen molar-refractivity contribution in [3.05, 3.63) is 0 Å². The van der Waals surface area contributed by atoms with E-state index in [1.54, 1.807) is 0 Å². The van der Waals surface area contributed by atoms with Crippen LogP contribution in [0, 0.1) is 0 Å². The maximum atomic E-state index is 11.2. The van der Waals surface area contributed by atoms with Gasteiger partial charge in [0, 0.05) is 10.7 Å². The van der Waals surface area contributed by atoms with Crippen molar-refractivity contribution in [2.75, 3.05) is 6.61 Å². The predicted octanol–water partition coefficient (Wildman–Crippen LogP) is 2.05. The van der Waals surface area contributed by atoms with Gasteiger partial charge < -0.3 is 4.74 Å². The largest absolute Gasteiger partial charge is 0.377 e. The second-order valence-corrected chi connectivity index (χ2v) is 7.30. The summed E-state index contributed by atoms with van der Waals surface area (Å²) >= 11 is 0. The molecule has 14 heavy (non-hydrogen) atoms. The lowest BCUT2D eigenvalue weighted by molar-refractivity contribution is 0.0554. The standard InChI is InChI=1S/C9H15ClO3S/c10-14(11,12)9(5-6-9)7-13-8-3-1-2-4-8/h8H,1-7H2. The van der Waals surface area contributed by atoms with Crippen LogP contribution in [0.3, 0.4) is 0 Å². The molecule has 0 amide bonds. The molecule has 0 bridgehead atoms. The molecule has 0 saturated heterocycles. The van der Waals surface area contributed by atoms with E-state index in [9.17, 15) is 8.42 Å². The third kappa shape index (κ3) is 2.07. The van der Waals surface area contributed by atoms with Crippen molar-refractivity contribution in [2.24, 2.45) is 0 Å². The van der Waals surface area contributed by atoms with Crippen LogP contribution in [0.4, 0.5) is 0 Å². The third-order valence-corrected chi connectivity index (χ3v) is 5.75. The summed E-state index contributed by atoms with van der Waals surface area (Å²) in [5, 5.41) is 0. The number of hydrogen-bond donors (Lipinski definition) is 0. The van der Waals surface area contributed by atoms with Crippen LogP contribution in [0.15, 0.2) is 0 Å². The molecule has 2 aliphatic rings. The molecule has 0 aromatic heterocycles. The molecule has 5 heteroatoms. The molecule has 82 valence electrons. The summed E-state index contributed by atoms with van der Waals surface area (Å²) < 4.78 is 27.3. The van der Waals surface area contributed by atoms with Crippen LogP contribution in [0.5, 0.6) is 0 Å². The van der Waals surface area contributed by atoms with Gasteiger partial charge in [-0.3, -0.25) is 0 Å². The maximum absolute atomic E-state index is 11.2. The normalized spacial score (nSPS) is 26.6. The Morgan fingerprint density at radius 3 is 2.29 bits per heavy atom. The van der Waals surface area contributed by atoms with Crippen molar-refractivity contribution in [1.82, 2.24) is 0 Å². The van der Waals surface area contributed by atoms with E-state index in [1.165, 1.54) is 12.8 Å². The van der Waals surface area contributed by atoms with Crippen LogP contribution < -0.4 is 0 Å². The molecule has 0 radical (unpaired) electrons. The Bertz CT molecular complexity index is 302. The minimum atomic E-state index is -3.44. The summed E-state index contributed by atoms with van der Waals surface area (Å²) in [7, 11) is 1.93. The molecule has 0 aromatic carbocycles. The maximum Gasteiger partial charge on any atom is 0.240 e. The summed E-state index contributed by atoms with van der Waals surface area (Å²) in [4.78, 5) is 0. The van der Waals surface area contributed by atoms with E-state index in [1.807, 2.05) is 0 Å². The molecule has 2 rings (SSSR count). The Balaban J connectivity index is 1.86. The van der Waals surface area contributed by atoms with Gasteiger partial charge in [-0.15, -0.1) is 0 Å². The molecular weight excluding hydrogens is 224 g/mol. The van der Waals surface area contributed by atoms with Crippen LogP contribution >= 0.6 is 10.7 Å². The number of hydrogen-bond acceptors (Lipinski definition) is 3. The first-order valence-electron chi connectivity index (χ1n) is 5.09. The van der Waals surface area contributed by atoms with Crippen molar-refractivity contribution >= 4 is 19.7 Å². The molecule has 0 atom stereocenters. The molecule has 2 fully saturated rings. The summed E-state index contributed by atoms with van der Waals surface area (Å²) in [6.45, 7) is 0.295. The van der Waals surface area contributed by atoms with Gasteiger partial charge in [-0.1, -0.05) is 12.8 Å². The molecule has 0 aromatic rings. The predicted molar refractivity (Wildman–Crippen MR) is 54.9 cm³/mol. The van der Waals surface area contributed by atoms with Gasteiger partial charge in [-0.05, 0) is 25.7 Å². The molecule has 3 nitrogen and oxygen atoms in total. The van der Waals surface area contributed by atoms with Gasteiger partial charge >= 0.3 is 0 Å². The average molecular weight is 239 g/mol. The van der Waals surface area contributed by atoms with E-state index < -0.39 is 13.8 Å². The van der Waals surface area contributed by atoms with Gasteiger partial charge in [0.1, 0.15) is 4.75 Å². The first-order chi connectivity index (χ1) is 6.54. The van der Waals surface area contributed by atoms with Crippen LogP contribution in [0.2, 0.25) is 0 Å². The third-order valence-electron chi connectivity index (χ3n) is 3.21. The highest BCUT2D eigenvalue weighted by Crippen LogP contribution is 2.46. The van der Waals surface area contributed by atoms with Gasteiger partial charge in [0.2, 0.25) is 9.05 Å². The first kappa shape index (κ1) is 10.7. The Morgan fingerprint density at radius 1 is 1.29 bits per heavy atom. The van der Waals surface area contributed by atoms with Crippen molar-refractivity contribution in [3.8, 4) is 0 Å². The highest BCUT2D eigenvalue weighted by molar-refractivity contribution is 8.15. The minimum Gasteiger partial charge on any atom is -0.377 e. The second kappa shape index (κ2) is 3.65.